The SMILES string of the molecule is Cc1cccc2c1c1cn2CCC(CN(C)C)OCCn2cc(c3ccccc32)C2=C1C(=O)NC2=O.[HH]. The summed E-state index contributed by atoms with van der Waals surface area (Å²) < 4.78 is 10.7. The summed E-state index contributed by atoms with van der Waals surface area (Å²) in [5.41, 5.74) is 5.64. The Morgan fingerprint density at radius 2 is 1.64 bits per heavy atom. The van der Waals surface area contributed by atoms with Gasteiger partial charge in [-0.3, -0.25) is 14.9 Å². The molecule has 4 bridgehead atoms. The van der Waals surface area contributed by atoms with E-state index in [0.29, 0.717) is 24.3 Å². The number of carbonyl (C=O) groups is 2. The zero-order valence-electron chi connectivity index (χ0n) is 20.9. The summed E-state index contributed by atoms with van der Waals surface area (Å²) in [4.78, 5) is 28.7. The molecule has 0 saturated carbocycles. The second-order valence-electron chi connectivity index (χ2n) is 10.0. The molecule has 0 aliphatic carbocycles. The number of hydrogen-bond acceptors (Lipinski definition) is 4. The van der Waals surface area contributed by atoms with Crippen LogP contribution in [0, 0.1) is 6.92 Å². The third-order valence-electron chi connectivity index (χ3n) is 7.32. The largest absolute Gasteiger partial charge is 0.375 e. The lowest BCUT2D eigenvalue weighted by Crippen LogP contribution is -2.30. The van der Waals surface area contributed by atoms with Gasteiger partial charge in [-0.05, 0) is 45.1 Å². The number of rotatable bonds is 2. The number of aromatic nitrogens is 2. The summed E-state index contributed by atoms with van der Waals surface area (Å²) in [6.45, 7) is 4.86. The minimum absolute atomic E-state index is 0. The summed E-state index contributed by atoms with van der Waals surface area (Å²) in [7, 11) is 4.13. The molecule has 2 amide bonds. The summed E-state index contributed by atoms with van der Waals surface area (Å²) in [6.07, 6.45) is 4.95. The first-order valence-corrected chi connectivity index (χ1v) is 12.5. The fourth-order valence-electron chi connectivity index (χ4n) is 5.74. The van der Waals surface area contributed by atoms with Gasteiger partial charge in [-0.1, -0.05) is 30.3 Å². The van der Waals surface area contributed by atoms with Crippen molar-refractivity contribution in [1.82, 2.24) is 19.4 Å². The van der Waals surface area contributed by atoms with Gasteiger partial charge >= 0.3 is 0 Å². The predicted octanol–water partition coefficient (Wildman–Crippen LogP) is 4.07. The molecule has 2 aliphatic heterocycles. The van der Waals surface area contributed by atoms with Gasteiger partial charge in [0.1, 0.15) is 0 Å². The van der Waals surface area contributed by atoms with E-state index in [9.17, 15) is 9.59 Å². The maximum Gasteiger partial charge on any atom is 0.259 e. The molecule has 2 aromatic heterocycles. The van der Waals surface area contributed by atoms with Crippen molar-refractivity contribution in [3.63, 3.8) is 0 Å². The Balaban J connectivity index is 0.00000280. The third-order valence-corrected chi connectivity index (χ3v) is 7.32. The second kappa shape index (κ2) is 8.76. The van der Waals surface area contributed by atoms with Crippen molar-refractivity contribution in [1.29, 1.82) is 0 Å². The Kier molecular flexibility index (Phi) is 5.54. The van der Waals surface area contributed by atoms with Crippen molar-refractivity contribution in [3.05, 3.63) is 71.5 Å². The Hall–Kier alpha value is -3.68. The number of fused-ring (bicyclic) bond motifs is 12. The minimum atomic E-state index is -0.346. The zero-order valence-corrected chi connectivity index (χ0v) is 20.9. The van der Waals surface area contributed by atoms with Gasteiger partial charge in [0, 0.05) is 66.4 Å². The maximum absolute atomic E-state index is 13.3. The summed E-state index contributed by atoms with van der Waals surface area (Å²) in [5, 5.41) is 4.55. The van der Waals surface area contributed by atoms with Gasteiger partial charge in [-0.15, -0.1) is 0 Å². The van der Waals surface area contributed by atoms with Gasteiger partial charge < -0.3 is 18.8 Å². The number of nitrogens with one attached hydrogen (secondary N) is 1. The van der Waals surface area contributed by atoms with Crippen molar-refractivity contribution in [2.24, 2.45) is 0 Å². The highest BCUT2D eigenvalue weighted by molar-refractivity contribution is 6.50. The van der Waals surface area contributed by atoms with Crippen LogP contribution >= 0.6 is 0 Å². The van der Waals surface area contributed by atoms with E-state index in [0.717, 1.165) is 58.0 Å². The maximum atomic E-state index is 13.3. The fraction of sp³-hybridized carbons (Fsp3) is 0.310. The van der Waals surface area contributed by atoms with E-state index in [1.807, 2.05) is 36.7 Å². The van der Waals surface area contributed by atoms with Gasteiger partial charge in [0.25, 0.3) is 11.8 Å². The molecule has 186 valence electrons. The summed E-state index contributed by atoms with van der Waals surface area (Å²) in [5.74, 6) is -0.683. The number of para-hydroxylation sites is 1. The number of hydrogen-bond donors (Lipinski definition) is 1. The highest BCUT2D eigenvalue weighted by Crippen LogP contribution is 2.40. The van der Waals surface area contributed by atoms with Crippen LogP contribution in [0.3, 0.4) is 0 Å². The lowest BCUT2D eigenvalue weighted by atomic mass is 9.94. The number of aryl methyl sites for hydroxylation is 2. The van der Waals surface area contributed by atoms with Gasteiger partial charge in [-0.2, -0.15) is 0 Å². The van der Waals surface area contributed by atoms with Crippen LogP contribution in [-0.2, 0) is 27.4 Å². The van der Waals surface area contributed by atoms with E-state index in [1.165, 1.54) is 0 Å². The van der Waals surface area contributed by atoms with E-state index in [-0.39, 0.29) is 19.3 Å². The molecule has 0 saturated heterocycles. The van der Waals surface area contributed by atoms with E-state index >= 15 is 0 Å². The summed E-state index contributed by atoms with van der Waals surface area (Å²) >= 11 is 0. The van der Waals surface area contributed by atoms with Crippen LogP contribution in [0.5, 0.6) is 0 Å². The zero-order chi connectivity index (χ0) is 25.0. The molecule has 2 aromatic carbocycles. The fourth-order valence-corrected chi connectivity index (χ4v) is 5.74. The van der Waals surface area contributed by atoms with E-state index in [4.69, 9.17) is 4.74 Å². The number of nitrogens with zero attached hydrogens (tertiary/aromatic N) is 3. The van der Waals surface area contributed by atoms with Crippen LogP contribution in [0.4, 0.5) is 0 Å². The molecule has 4 heterocycles. The molecule has 7 nitrogen and oxygen atoms in total. The normalized spacial score (nSPS) is 18.7. The van der Waals surface area contributed by atoms with Crippen LogP contribution in [0.25, 0.3) is 33.0 Å². The topological polar surface area (TPSA) is 68.5 Å². The molecule has 2 aliphatic rings. The van der Waals surface area contributed by atoms with Crippen molar-refractivity contribution in [2.45, 2.75) is 32.5 Å². The number of likely N-dealkylation sites (N-methyl/N-ethyl adjacent to an activating group) is 1. The monoisotopic (exact) mass is 484 g/mol. The molecule has 7 heteroatoms. The quantitative estimate of drug-likeness (QED) is 0.436. The number of imide groups is 1. The van der Waals surface area contributed by atoms with Gasteiger partial charge in [-0.25, -0.2) is 0 Å². The summed E-state index contributed by atoms with van der Waals surface area (Å²) in [6, 6.07) is 14.2. The van der Waals surface area contributed by atoms with Gasteiger partial charge in [0.05, 0.1) is 23.9 Å². The van der Waals surface area contributed by atoms with E-state index in [1.54, 1.807) is 0 Å². The van der Waals surface area contributed by atoms with E-state index < -0.39 is 0 Å². The Morgan fingerprint density at radius 3 is 2.44 bits per heavy atom. The number of benzene rings is 2. The molecule has 36 heavy (non-hydrogen) atoms. The number of amides is 2. The van der Waals surface area contributed by atoms with Crippen LogP contribution < -0.4 is 5.32 Å². The molecule has 4 aromatic rings. The molecule has 1 atom stereocenters. The Bertz CT molecular complexity index is 1560. The van der Waals surface area contributed by atoms with Crippen molar-refractivity contribution in [3.8, 4) is 0 Å². The third kappa shape index (κ3) is 3.67. The number of carbonyl (C=O) groups excluding carboxylic acids is 2. The van der Waals surface area contributed by atoms with Crippen LogP contribution in [0.1, 0.15) is 24.5 Å². The van der Waals surface area contributed by atoms with Crippen molar-refractivity contribution in [2.75, 3.05) is 27.2 Å². The lowest BCUT2D eigenvalue weighted by Gasteiger charge is -2.22. The Labute approximate surface area is 211 Å². The predicted molar refractivity (Wildman–Crippen MR) is 144 cm³/mol. The smallest absolute Gasteiger partial charge is 0.259 e. The lowest BCUT2D eigenvalue weighted by molar-refractivity contribution is -0.122. The first kappa shape index (κ1) is 22.8. The average molecular weight is 485 g/mol. The van der Waals surface area contributed by atoms with E-state index in [2.05, 4.69) is 58.6 Å². The molecule has 0 fully saturated rings. The van der Waals surface area contributed by atoms with Gasteiger partial charge in [0.2, 0.25) is 0 Å². The first-order valence-electron chi connectivity index (χ1n) is 12.5. The van der Waals surface area contributed by atoms with Crippen molar-refractivity contribution >= 4 is 44.8 Å². The molecule has 1 unspecified atom stereocenters. The van der Waals surface area contributed by atoms with Crippen LogP contribution in [0.2, 0.25) is 0 Å². The van der Waals surface area contributed by atoms with Crippen LogP contribution in [-0.4, -0.2) is 59.2 Å². The van der Waals surface area contributed by atoms with Gasteiger partial charge in [0.15, 0.2) is 0 Å². The molecule has 6 rings (SSSR count). The number of ether oxygens (including phenoxy) is 1. The molecule has 0 spiro atoms. The highest BCUT2D eigenvalue weighted by Gasteiger charge is 2.35. The average Bonchev–Trinajstić information content (AvgIpc) is 3.48. The Morgan fingerprint density at radius 1 is 0.944 bits per heavy atom. The molecular weight excluding hydrogens is 452 g/mol. The molecule has 1 N–H and O–H groups in total. The van der Waals surface area contributed by atoms with Crippen molar-refractivity contribution < 1.29 is 15.8 Å². The first-order chi connectivity index (χ1) is 17.4. The second-order valence-corrected chi connectivity index (χ2v) is 10.0. The minimum Gasteiger partial charge on any atom is -0.375 e. The van der Waals surface area contributed by atoms with Crippen LogP contribution in [0.15, 0.2) is 54.9 Å². The standard InChI is InChI=1S/C29H30N4O3.H2/c1-18-7-6-10-24-25(18)22-17-32(24)12-11-19(15-31(2)3)36-14-13-33-16-21(20-8-4-5-9-23(20)33)26-27(22)29(35)30-28(26)34;/h4-10,16-17,19H,11-15H2,1-3H3,(H,30,34,35);1H. The molecular formula is C29H32N4O3. The highest BCUT2D eigenvalue weighted by atomic mass is 16.5. The molecule has 0 radical (unpaired) electrons.